The Bertz CT molecular complexity index is 1130. The third-order valence-electron chi connectivity index (χ3n) is 4.97. The van der Waals surface area contributed by atoms with Crippen LogP contribution in [-0.4, -0.2) is 24.7 Å². The number of hydrogen-bond acceptors (Lipinski definition) is 3. The summed E-state index contributed by atoms with van der Waals surface area (Å²) in [6.45, 7) is 0.0722. The molecule has 0 unspecified atom stereocenters. The van der Waals surface area contributed by atoms with Crippen LogP contribution in [0.4, 0.5) is 10.1 Å². The molecule has 0 saturated heterocycles. The molecule has 7 heteroatoms. The number of carbonyl (C=O) groups excluding carboxylic acids is 1. The summed E-state index contributed by atoms with van der Waals surface area (Å²) in [6, 6.07) is 20.1. The lowest BCUT2D eigenvalue weighted by Gasteiger charge is -2.35. The van der Waals surface area contributed by atoms with Gasteiger partial charge >= 0.3 is 0 Å². The van der Waals surface area contributed by atoms with Gasteiger partial charge in [-0.2, -0.15) is 4.31 Å². The van der Waals surface area contributed by atoms with Gasteiger partial charge in [-0.25, -0.2) is 12.8 Å². The van der Waals surface area contributed by atoms with Crippen LogP contribution in [0.2, 0.25) is 0 Å². The average molecular weight is 410 g/mol. The van der Waals surface area contributed by atoms with Crippen molar-refractivity contribution >= 4 is 21.6 Å². The van der Waals surface area contributed by atoms with E-state index in [4.69, 9.17) is 0 Å². The van der Waals surface area contributed by atoms with E-state index in [-0.39, 0.29) is 17.9 Å². The number of fused-ring (bicyclic) bond motifs is 1. The predicted molar refractivity (Wildman–Crippen MR) is 108 cm³/mol. The second kappa shape index (κ2) is 7.77. The van der Waals surface area contributed by atoms with Crippen molar-refractivity contribution in [3.05, 3.63) is 95.8 Å². The van der Waals surface area contributed by atoms with Gasteiger partial charge in [0.25, 0.3) is 0 Å². The Morgan fingerprint density at radius 2 is 1.52 bits per heavy atom. The Kier molecular flexibility index (Phi) is 5.17. The Morgan fingerprint density at radius 3 is 2.21 bits per heavy atom. The van der Waals surface area contributed by atoms with Gasteiger partial charge in [0.2, 0.25) is 15.9 Å². The van der Waals surface area contributed by atoms with Crippen molar-refractivity contribution in [2.24, 2.45) is 0 Å². The number of nitrogens with one attached hydrogen (secondary N) is 1. The fourth-order valence-corrected chi connectivity index (χ4v) is 5.03. The fraction of sp³-hybridized carbons (Fsp3) is 0.136. The van der Waals surface area contributed by atoms with Crippen molar-refractivity contribution in [3.63, 3.8) is 0 Å². The zero-order valence-corrected chi connectivity index (χ0v) is 16.3. The molecular formula is C22H19FN2O3S. The first-order chi connectivity index (χ1) is 13.9. The van der Waals surface area contributed by atoms with Crippen LogP contribution in [0.1, 0.15) is 11.1 Å². The topological polar surface area (TPSA) is 66.5 Å². The molecule has 0 aliphatic carbocycles. The van der Waals surface area contributed by atoms with Crippen LogP contribution in [0.3, 0.4) is 0 Å². The molecule has 0 bridgehead atoms. The minimum Gasteiger partial charge on any atom is -0.325 e. The molecule has 1 N–H and O–H groups in total. The van der Waals surface area contributed by atoms with E-state index in [1.165, 1.54) is 16.4 Å². The van der Waals surface area contributed by atoms with Crippen molar-refractivity contribution in [3.8, 4) is 0 Å². The minimum absolute atomic E-state index is 0.0456. The summed E-state index contributed by atoms with van der Waals surface area (Å²) in [7, 11) is -4.00. The van der Waals surface area contributed by atoms with Crippen LogP contribution in [0.15, 0.2) is 83.8 Å². The number of para-hydroxylation sites is 1. The van der Waals surface area contributed by atoms with Crippen LogP contribution >= 0.6 is 0 Å². The van der Waals surface area contributed by atoms with Gasteiger partial charge in [0, 0.05) is 12.2 Å². The van der Waals surface area contributed by atoms with Gasteiger partial charge in [0.15, 0.2) is 0 Å². The van der Waals surface area contributed by atoms with Crippen LogP contribution in [-0.2, 0) is 27.8 Å². The molecule has 1 aliphatic heterocycles. The fourth-order valence-electron chi connectivity index (χ4n) is 3.46. The second-order valence-electron chi connectivity index (χ2n) is 6.85. The van der Waals surface area contributed by atoms with E-state index in [1.54, 1.807) is 24.3 Å². The highest BCUT2D eigenvalue weighted by Crippen LogP contribution is 2.30. The molecule has 1 atom stereocenters. The average Bonchev–Trinajstić information content (AvgIpc) is 2.74. The first-order valence-corrected chi connectivity index (χ1v) is 10.6. The monoisotopic (exact) mass is 410 g/mol. The summed E-state index contributed by atoms with van der Waals surface area (Å²) in [4.78, 5) is 13.0. The van der Waals surface area contributed by atoms with Crippen molar-refractivity contribution in [2.45, 2.75) is 23.9 Å². The SMILES string of the molecule is O=C(Nc1ccccc1)[C@H]1Cc2ccccc2CN1S(=O)(=O)c1ccc(F)cc1. The molecule has 0 saturated carbocycles. The molecule has 4 rings (SSSR count). The van der Waals surface area contributed by atoms with Crippen molar-refractivity contribution in [1.29, 1.82) is 0 Å². The zero-order chi connectivity index (χ0) is 20.4. The highest BCUT2D eigenvalue weighted by atomic mass is 32.2. The van der Waals surface area contributed by atoms with Crippen molar-refractivity contribution in [2.75, 3.05) is 5.32 Å². The smallest absolute Gasteiger partial charge is 0.244 e. The molecular weight excluding hydrogens is 391 g/mol. The number of halogens is 1. The highest BCUT2D eigenvalue weighted by molar-refractivity contribution is 7.89. The maximum atomic E-state index is 13.3. The number of benzene rings is 3. The predicted octanol–water partition coefficient (Wildman–Crippen LogP) is 3.58. The molecule has 1 aliphatic rings. The van der Waals surface area contributed by atoms with E-state index in [9.17, 15) is 17.6 Å². The molecule has 29 heavy (non-hydrogen) atoms. The van der Waals surface area contributed by atoms with Crippen LogP contribution in [0.25, 0.3) is 0 Å². The Hall–Kier alpha value is -3.03. The molecule has 3 aromatic rings. The standard InChI is InChI=1S/C22H19FN2O3S/c23-18-10-12-20(13-11-18)29(27,28)25-15-17-7-5-4-6-16(17)14-21(25)22(26)24-19-8-2-1-3-9-19/h1-13,21H,14-15H2,(H,24,26)/t21-/m1/s1. The molecule has 0 fully saturated rings. The lowest BCUT2D eigenvalue weighted by atomic mass is 9.95. The van der Waals surface area contributed by atoms with E-state index in [0.717, 1.165) is 23.3 Å². The number of amides is 1. The van der Waals surface area contributed by atoms with Gasteiger partial charge < -0.3 is 5.32 Å². The molecule has 5 nitrogen and oxygen atoms in total. The Morgan fingerprint density at radius 1 is 0.897 bits per heavy atom. The first-order valence-electron chi connectivity index (χ1n) is 9.15. The maximum Gasteiger partial charge on any atom is 0.244 e. The summed E-state index contributed by atoms with van der Waals surface area (Å²) in [5.41, 5.74) is 2.38. The number of carbonyl (C=O) groups is 1. The van der Waals surface area contributed by atoms with E-state index >= 15 is 0 Å². The lowest BCUT2D eigenvalue weighted by molar-refractivity contribution is -0.120. The van der Waals surface area contributed by atoms with Crippen LogP contribution in [0.5, 0.6) is 0 Å². The third kappa shape index (κ3) is 3.92. The quantitative estimate of drug-likeness (QED) is 0.715. The van der Waals surface area contributed by atoms with Gasteiger partial charge in [-0.15, -0.1) is 0 Å². The lowest BCUT2D eigenvalue weighted by Crippen LogP contribution is -2.50. The Labute approximate surface area is 168 Å². The van der Waals surface area contributed by atoms with E-state index in [2.05, 4.69) is 5.32 Å². The van der Waals surface area contributed by atoms with Gasteiger partial charge in [0.05, 0.1) is 4.90 Å². The van der Waals surface area contributed by atoms with Gasteiger partial charge in [0.1, 0.15) is 11.9 Å². The molecule has 0 spiro atoms. The summed E-state index contributed by atoms with van der Waals surface area (Å²) < 4.78 is 41.1. The van der Waals surface area contributed by atoms with Crippen molar-refractivity contribution in [1.82, 2.24) is 4.31 Å². The minimum atomic E-state index is -4.00. The molecule has 3 aromatic carbocycles. The second-order valence-corrected chi connectivity index (χ2v) is 8.74. The highest BCUT2D eigenvalue weighted by Gasteiger charge is 2.39. The molecule has 0 aromatic heterocycles. The van der Waals surface area contributed by atoms with Crippen LogP contribution < -0.4 is 5.32 Å². The van der Waals surface area contributed by atoms with Crippen molar-refractivity contribution < 1.29 is 17.6 Å². The third-order valence-corrected chi connectivity index (χ3v) is 6.84. The molecule has 148 valence electrons. The molecule has 1 heterocycles. The summed E-state index contributed by atoms with van der Waals surface area (Å²) in [6.07, 6.45) is 0.259. The summed E-state index contributed by atoms with van der Waals surface area (Å²) in [5.74, 6) is -0.928. The summed E-state index contributed by atoms with van der Waals surface area (Å²) in [5, 5.41) is 2.80. The maximum absolute atomic E-state index is 13.3. The number of anilines is 1. The van der Waals surface area contributed by atoms with Crippen LogP contribution in [0, 0.1) is 5.82 Å². The van der Waals surface area contributed by atoms with Gasteiger partial charge in [-0.3, -0.25) is 4.79 Å². The number of sulfonamides is 1. The van der Waals surface area contributed by atoms with E-state index in [0.29, 0.717) is 5.69 Å². The van der Waals surface area contributed by atoms with Gasteiger partial charge in [-0.05, 0) is 53.9 Å². The zero-order valence-electron chi connectivity index (χ0n) is 15.5. The Balaban J connectivity index is 1.72. The number of rotatable bonds is 4. The summed E-state index contributed by atoms with van der Waals surface area (Å²) >= 11 is 0. The number of hydrogen-bond donors (Lipinski definition) is 1. The van der Waals surface area contributed by atoms with E-state index < -0.39 is 27.8 Å². The van der Waals surface area contributed by atoms with E-state index in [1.807, 2.05) is 30.3 Å². The van der Waals surface area contributed by atoms with Gasteiger partial charge in [-0.1, -0.05) is 42.5 Å². The molecule has 1 amide bonds. The number of nitrogens with zero attached hydrogens (tertiary/aromatic N) is 1. The molecule has 0 radical (unpaired) electrons. The largest absolute Gasteiger partial charge is 0.325 e. The first kappa shape index (κ1) is 19.3. The normalized spacial score (nSPS) is 16.8.